The molecule has 0 bridgehead atoms. The van der Waals surface area contributed by atoms with E-state index in [1.54, 1.807) is 12.4 Å². The first kappa shape index (κ1) is 18.6. The van der Waals surface area contributed by atoms with Crippen molar-refractivity contribution in [1.29, 1.82) is 0 Å². The zero-order valence-electron chi connectivity index (χ0n) is 16.1. The lowest BCUT2D eigenvalue weighted by atomic mass is 10.0. The van der Waals surface area contributed by atoms with E-state index in [1.807, 2.05) is 30.7 Å². The molecule has 1 unspecified atom stereocenters. The Kier molecular flexibility index (Phi) is 5.65. The average Bonchev–Trinajstić information content (AvgIpc) is 3.16. The second-order valence-electron chi connectivity index (χ2n) is 7.45. The SMILES string of the molecule is C[C@H](CCCC(O)c1c[nH]c2cnccc12)NCc1ccc2cnccc2c1. The van der Waals surface area contributed by atoms with Crippen molar-refractivity contribution in [3.8, 4) is 0 Å². The van der Waals surface area contributed by atoms with Crippen LogP contribution in [0.15, 0.2) is 61.3 Å². The number of hydrogen-bond donors (Lipinski definition) is 3. The highest BCUT2D eigenvalue weighted by Crippen LogP contribution is 2.27. The van der Waals surface area contributed by atoms with Crippen LogP contribution in [0.25, 0.3) is 21.7 Å². The molecule has 0 fully saturated rings. The van der Waals surface area contributed by atoms with Crippen LogP contribution in [0.1, 0.15) is 43.4 Å². The third kappa shape index (κ3) is 4.21. The van der Waals surface area contributed by atoms with Crippen LogP contribution < -0.4 is 5.32 Å². The Bertz CT molecular complexity index is 1060. The Labute approximate surface area is 164 Å². The van der Waals surface area contributed by atoms with E-state index in [0.717, 1.165) is 42.3 Å². The summed E-state index contributed by atoms with van der Waals surface area (Å²) in [6, 6.07) is 10.9. The number of hydrogen-bond acceptors (Lipinski definition) is 4. The Balaban J connectivity index is 1.25. The van der Waals surface area contributed by atoms with Crippen LogP contribution >= 0.6 is 0 Å². The predicted octanol–water partition coefficient (Wildman–Crippen LogP) is 4.49. The Morgan fingerprint density at radius 3 is 2.82 bits per heavy atom. The van der Waals surface area contributed by atoms with Gasteiger partial charge in [0.2, 0.25) is 0 Å². The Morgan fingerprint density at radius 1 is 1.04 bits per heavy atom. The van der Waals surface area contributed by atoms with E-state index >= 15 is 0 Å². The van der Waals surface area contributed by atoms with Crippen LogP contribution in [0.5, 0.6) is 0 Å². The van der Waals surface area contributed by atoms with Crippen LogP contribution in [0.4, 0.5) is 0 Å². The van der Waals surface area contributed by atoms with Crippen molar-refractivity contribution in [3.05, 3.63) is 72.4 Å². The number of fused-ring (bicyclic) bond motifs is 2. The predicted molar refractivity (Wildman–Crippen MR) is 113 cm³/mol. The largest absolute Gasteiger partial charge is 0.388 e. The van der Waals surface area contributed by atoms with Crippen LogP contribution in [0.2, 0.25) is 0 Å². The molecule has 0 spiro atoms. The maximum atomic E-state index is 10.6. The third-order valence-electron chi connectivity index (χ3n) is 5.35. The topological polar surface area (TPSA) is 73.8 Å². The van der Waals surface area contributed by atoms with Gasteiger partial charge in [0.1, 0.15) is 0 Å². The minimum absolute atomic E-state index is 0.396. The Morgan fingerprint density at radius 2 is 1.89 bits per heavy atom. The maximum Gasteiger partial charge on any atom is 0.0810 e. The van der Waals surface area contributed by atoms with E-state index in [-0.39, 0.29) is 0 Å². The second kappa shape index (κ2) is 8.50. The molecule has 3 aromatic heterocycles. The molecule has 5 heteroatoms. The summed E-state index contributed by atoms with van der Waals surface area (Å²) in [5.41, 5.74) is 3.21. The van der Waals surface area contributed by atoms with Crippen LogP contribution in [0, 0.1) is 0 Å². The van der Waals surface area contributed by atoms with Crippen molar-refractivity contribution < 1.29 is 5.11 Å². The number of benzene rings is 1. The van der Waals surface area contributed by atoms with E-state index in [4.69, 9.17) is 0 Å². The van der Waals surface area contributed by atoms with Gasteiger partial charge in [0.15, 0.2) is 0 Å². The number of aromatic amines is 1. The molecule has 0 saturated heterocycles. The molecule has 5 nitrogen and oxygen atoms in total. The normalized spacial score (nSPS) is 13.8. The van der Waals surface area contributed by atoms with Gasteiger partial charge in [-0.05, 0) is 55.3 Å². The smallest absolute Gasteiger partial charge is 0.0810 e. The van der Waals surface area contributed by atoms with Gasteiger partial charge in [-0.2, -0.15) is 0 Å². The lowest BCUT2D eigenvalue weighted by Crippen LogP contribution is -2.25. The highest BCUT2D eigenvalue weighted by molar-refractivity contribution is 5.82. The van der Waals surface area contributed by atoms with Crippen molar-refractivity contribution in [2.24, 2.45) is 0 Å². The van der Waals surface area contributed by atoms with E-state index in [0.29, 0.717) is 6.04 Å². The number of aliphatic hydroxyl groups excluding tert-OH is 1. The van der Waals surface area contributed by atoms with Crippen molar-refractivity contribution in [2.75, 3.05) is 0 Å². The molecule has 0 aliphatic heterocycles. The molecule has 0 saturated carbocycles. The number of rotatable bonds is 8. The molecule has 0 radical (unpaired) electrons. The molecule has 4 rings (SSSR count). The molecule has 4 aromatic rings. The number of pyridine rings is 2. The third-order valence-corrected chi connectivity index (χ3v) is 5.35. The zero-order chi connectivity index (χ0) is 19.3. The van der Waals surface area contributed by atoms with E-state index in [2.05, 4.69) is 45.4 Å². The lowest BCUT2D eigenvalue weighted by molar-refractivity contribution is 0.164. The van der Waals surface area contributed by atoms with Gasteiger partial charge in [0.05, 0.1) is 17.8 Å². The molecule has 0 amide bonds. The molecular weight excluding hydrogens is 348 g/mol. The molecule has 3 N–H and O–H groups in total. The van der Waals surface area contributed by atoms with E-state index in [9.17, 15) is 5.11 Å². The van der Waals surface area contributed by atoms with Crippen molar-refractivity contribution in [1.82, 2.24) is 20.3 Å². The van der Waals surface area contributed by atoms with Crippen LogP contribution in [-0.4, -0.2) is 26.1 Å². The maximum absolute atomic E-state index is 10.6. The van der Waals surface area contributed by atoms with Gasteiger partial charge in [-0.15, -0.1) is 0 Å². The molecule has 0 aliphatic carbocycles. The first-order chi connectivity index (χ1) is 13.7. The van der Waals surface area contributed by atoms with E-state index in [1.165, 1.54) is 16.3 Å². The van der Waals surface area contributed by atoms with Crippen molar-refractivity contribution >= 4 is 21.7 Å². The van der Waals surface area contributed by atoms with Crippen molar-refractivity contribution in [2.45, 2.75) is 44.9 Å². The van der Waals surface area contributed by atoms with Gasteiger partial charge in [-0.25, -0.2) is 0 Å². The van der Waals surface area contributed by atoms with Crippen LogP contribution in [0.3, 0.4) is 0 Å². The average molecular weight is 374 g/mol. The fourth-order valence-electron chi connectivity index (χ4n) is 3.68. The minimum Gasteiger partial charge on any atom is -0.388 e. The number of aromatic nitrogens is 3. The van der Waals surface area contributed by atoms with Gasteiger partial charge >= 0.3 is 0 Å². The first-order valence-electron chi connectivity index (χ1n) is 9.86. The fraction of sp³-hybridized carbons (Fsp3) is 0.304. The molecule has 2 atom stereocenters. The number of nitrogens with one attached hydrogen (secondary N) is 2. The lowest BCUT2D eigenvalue weighted by Gasteiger charge is -2.16. The molecule has 1 aromatic carbocycles. The summed E-state index contributed by atoms with van der Waals surface area (Å²) in [4.78, 5) is 11.4. The van der Waals surface area contributed by atoms with Crippen LogP contribution in [-0.2, 0) is 6.54 Å². The molecule has 28 heavy (non-hydrogen) atoms. The standard InChI is InChI=1S/C23H26N4O/c1-16(26-12-17-5-6-19-13-24-9-7-18(19)11-17)3-2-4-23(28)21-14-27-22-15-25-10-8-20(21)22/h5-11,13-16,23,26-28H,2-4,12H2,1H3/t16-,23?/m1/s1. The van der Waals surface area contributed by atoms with Gasteiger partial charge < -0.3 is 15.4 Å². The monoisotopic (exact) mass is 374 g/mol. The summed E-state index contributed by atoms with van der Waals surface area (Å²) in [6.07, 6.45) is 11.5. The summed E-state index contributed by atoms with van der Waals surface area (Å²) in [7, 11) is 0. The quantitative estimate of drug-likeness (QED) is 0.425. The second-order valence-corrected chi connectivity index (χ2v) is 7.45. The summed E-state index contributed by atoms with van der Waals surface area (Å²) < 4.78 is 0. The number of H-pyrrole nitrogens is 1. The highest BCUT2D eigenvalue weighted by atomic mass is 16.3. The summed E-state index contributed by atoms with van der Waals surface area (Å²) >= 11 is 0. The summed E-state index contributed by atoms with van der Waals surface area (Å²) in [5.74, 6) is 0. The Hall–Kier alpha value is -2.76. The van der Waals surface area contributed by atoms with Crippen molar-refractivity contribution in [3.63, 3.8) is 0 Å². The molecule has 3 heterocycles. The molecular formula is C23H26N4O. The zero-order valence-corrected chi connectivity index (χ0v) is 16.1. The first-order valence-corrected chi connectivity index (χ1v) is 9.86. The highest BCUT2D eigenvalue weighted by Gasteiger charge is 2.13. The van der Waals surface area contributed by atoms with Gasteiger partial charge in [-0.1, -0.05) is 12.1 Å². The van der Waals surface area contributed by atoms with Gasteiger partial charge in [0, 0.05) is 53.7 Å². The van der Waals surface area contributed by atoms with E-state index < -0.39 is 6.10 Å². The minimum atomic E-state index is -0.447. The van der Waals surface area contributed by atoms with Gasteiger partial charge in [0.25, 0.3) is 0 Å². The molecule has 0 aliphatic rings. The number of aliphatic hydroxyl groups is 1. The van der Waals surface area contributed by atoms with Gasteiger partial charge in [-0.3, -0.25) is 9.97 Å². The number of nitrogens with zero attached hydrogens (tertiary/aromatic N) is 2. The molecule has 144 valence electrons. The fourth-order valence-corrected chi connectivity index (χ4v) is 3.68. The summed E-state index contributed by atoms with van der Waals surface area (Å²) in [6.45, 7) is 3.05. The summed E-state index contributed by atoms with van der Waals surface area (Å²) in [5, 5.41) is 17.6.